The largest absolute Gasteiger partial charge is 0.450 e. The maximum absolute atomic E-state index is 11.0. The fraction of sp³-hybridized carbons (Fsp3) is 0.889. The summed E-state index contributed by atoms with van der Waals surface area (Å²) in [6, 6.07) is 0. The number of nitrogens with zero attached hydrogens (tertiary/aromatic N) is 1. The van der Waals surface area contributed by atoms with Crippen molar-refractivity contribution in [1.29, 1.82) is 0 Å². The third kappa shape index (κ3) is 4.99. The molecule has 0 aliphatic rings. The summed E-state index contributed by atoms with van der Waals surface area (Å²) < 4.78 is 4.82. The van der Waals surface area contributed by atoms with E-state index < -0.39 is 0 Å². The molecule has 0 saturated carbocycles. The summed E-state index contributed by atoms with van der Waals surface area (Å²) in [6.07, 6.45) is 3.19. The molecule has 0 heterocycles. The number of amides is 1. The fourth-order valence-electron chi connectivity index (χ4n) is 0.924. The lowest BCUT2D eigenvalue weighted by molar-refractivity contribution is 0.115. The highest BCUT2D eigenvalue weighted by Crippen LogP contribution is 1.97. The van der Waals surface area contributed by atoms with E-state index in [1.807, 2.05) is 6.92 Å². The van der Waals surface area contributed by atoms with Gasteiger partial charge in [-0.1, -0.05) is 19.8 Å². The first-order valence-electron chi connectivity index (χ1n) is 4.60. The lowest BCUT2D eigenvalue weighted by Gasteiger charge is -2.15. The molecule has 0 radical (unpaired) electrons. The minimum absolute atomic E-state index is 0.214. The highest BCUT2D eigenvalue weighted by atomic mass is 16.5. The number of ether oxygens (including phenoxy) is 1. The Morgan fingerprint density at radius 3 is 2.50 bits per heavy atom. The number of hydrogen-bond donors (Lipinski definition) is 0. The standard InChI is InChI=1S/C9H19NO2/c1-4-6-7-8-10(3)9(11)12-5-2/h4-8H2,1-3H3. The van der Waals surface area contributed by atoms with E-state index in [0.29, 0.717) is 6.61 Å². The zero-order chi connectivity index (χ0) is 9.40. The van der Waals surface area contributed by atoms with Crippen LogP contribution in [-0.2, 0) is 4.74 Å². The zero-order valence-electron chi connectivity index (χ0n) is 8.30. The molecule has 0 bridgehead atoms. The molecule has 0 aromatic heterocycles. The van der Waals surface area contributed by atoms with Crippen molar-refractivity contribution in [3.63, 3.8) is 0 Å². The molecule has 0 aliphatic heterocycles. The monoisotopic (exact) mass is 173 g/mol. The van der Waals surface area contributed by atoms with Gasteiger partial charge in [0.05, 0.1) is 6.61 Å². The second-order valence-corrected chi connectivity index (χ2v) is 2.83. The van der Waals surface area contributed by atoms with E-state index in [2.05, 4.69) is 6.92 Å². The second-order valence-electron chi connectivity index (χ2n) is 2.83. The van der Waals surface area contributed by atoms with Crippen LogP contribution in [0.15, 0.2) is 0 Å². The number of hydrogen-bond acceptors (Lipinski definition) is 2. The van der Waals surface area contributed by atoms with Crippen molar-refractivity contribution in [3.05, 3.63) is 0 Å². The van der Waals surface area contributed by atoms with E-state index in [4.69, 9.17) is 4.74 Å². The van der Waals surface area contributed by atoms with Gasteiger partial charge in [-0.05, 0) is 13.3 Å². The van der Waals surface area contributed by atoms with Gasteiger partial charge in [0.2, 0.25) is 0 Å². The van der Waals surface area contributed by atoms with E-state index in [1.165, 1.54) is 12.8 Å². The second kappa shape index (κ2) is 6.95. The van der Waals surface area contributed by atoms with Gasteiger partial charge in [-0.2, -0.15) is 0 Å². The number of carbonyl (C=O) groups excluding carboxylic acids is 1. The molecular weight excluding hydrogens is 154 g/mol. The van der Waals surface area contributed by atoms with E-state index in [1.54, 1.807) is 11.9 Å². The highest BCUT2D eigenvalue weighted by molar-refractivity contribution is 5.67. The van der Waals surface area contributed by atoms with Crippen molar-refractivity contribution < 1.29 is 9.53 Å². The zero-order valence-corrected chi connectivity index (χ0v) is 8.30. The molecule has 3 nitrogen and oxygen atoms in total. The lowest BCUT2D eigenvalue weighted by atomic mass is 10.2. The van der Waals surface area contributed by atoms with Gasteiger partial charge >= 0.3 is 6.09 Å². The third-order valence-corrected chi connectivity index (χ3v) is 1.68. The van der Waals surface area contributed by atoms with Gasteiger partial charge in [-0.15, -0.1) is 0 Å². The van der Waals surface area contributed by atoms with Gasteiger partial charge in [0.15, 0.2) is 0 Å². The molecule has 0 rings (SSSR count). The highest BCUT2D eigenvalue weighted by Gasteiger charge is 2.06. The van der Waals surface area contributed by atoms with Crippen LogP contribution in [0.3, 0.4) is 0 Å². The summed E-state index contributed by atoms with van der Waals surface area (Å²) in [5.41, 5.74) is 0. The van der Waals surface area contributed by atoms with E-state index >= 15 is 0 Å². The van der Waals surface area contributed by atoms with Gasteiger partial charge in [0, 0.05) is 13.6 Å². The van der Waals surface area contributed by atoms with Crippen molar-refractivity contribution in [2.24, 2.45) is 0 Å². The van der Waals surface area contributed by atoms with Gasteiger partial charge in [-0.3, -0.25) is 0 Å². The minimum Gasteiger partial charge on any atom is -0.450 e. The summed E-state index contributed by atoms with van der Waals surface area (Å²) in [4.78, 5) is 12.7. The van der Waals surface area contributed by atoms with Gasteiger partial charge < -0.3 is 9.64 Å². The van der Waals surface area contributed by atoms with Crippen LogP contribution in [0.25, 0.3) is 0 Å². The molecular formula is C9H19NO2. The predicted octanol–water partition coefficient (Wildman–Crippen LogP) is 2.26. The van der Waals surface area contributed by atoms with Crippen LogP contribution in [0.4, 0.5) is 4.79 Å². The number of carbonyl (C=O) groups is 1. The van der Waals surface area contributed by atoms with Crippen LogP contribution < -0.4 is 0 Å². The summed E-state index contributed by atoms with van der Waals surface area (Å²) in [5, 5.41) is 0. The van der Waals surface area contributed by atoms with Crippen molar-refractivity contribution in [2.75, 3.05) is 20.2 Å². The van der Waals surface area contributed by atoms with Crippen LogP contribution in [-0.4, -0.2) is 31.2 Å². The van der Waals surface area contributed by atoms with Crippen molar-refractivity contribution >= 4 is 6.09 Å². The molecule has 0 atom stereocenters. The summed E-state index contributed by atoms with van der Waals surface area (Å²) in [5.74, 6) is 0. The Morgan fingerprint density at radius 2 is 2.00 bits per heavy atom. The van der Waals surface area contributed by atoms with Crippen LogP contribution in [0.1, 0.15) is 33.1 Å². The smallest absolute Gasteiger partial charge is 0.409 e. The molecule has 0 aliphatic carbocycles. The third-order valence-electron chi connectivity index (χ3n) is 1.68. The van der Waals surface area contributed by atoms with Gasteiger partial charge in [0.25, 0.3) is 0 Å². The molecule has 0 unspecified atom stereocenters. The van der Waals surface area contributed by atoms with E-state index in [9.17, 15) is 4.79 Å². The molecule has 0 aromatic carbocycles. The molecule has 0 fully saturated rings. The Kier molecular flexibility index (Phi) is 6.53. The normalized spacial score (nSPS) is 9.58. The molecule has 0 spiro atoms. The van der Waals surface area contributed by atoms with Crippen molar-refractivity contribution in [2.45, 2.75) is 33.1 Å². The average molecular weight is 173 g/mol. The quantitative estimate of drug-likeness (QED) is 0.597. The van der Waals surface area contributed by atoms with E-state index in [0.717, 1.165) is 13.0 Å². The number of unbranched alkanes of at least 4 members (excludes halogenated alkanes) is 2. The first-order chi connectivity index (χ1) is 5.72. The van der Waals surface area contributed by atoms with Crippen LogP contribution in [0.5, 0.6) is 0 Å². The minimum atomic E-state index is -0.214. The Labute approximate surface area is 74.7 Å². The maximum Gasteiger partial charge on any atom is 0.409 e. The van der Waals surface area contributed by atoms with Crippen molar-refractivity contribution in [1.82, 2.24) is 4.90 Å². The molecule has 12 heavy (non-hydrogen) atoms. The van der Waals surface area contributed by atoms with Crippen molar-refractivity contribution in [3.8, 4) is 0 Å². The molecule has 72 valence electrons. The summed E-state index contributed by atoms with van der Waals surface area (Å²) in [7, 11) is 1.77. The molecule has 1 amide bonds. The Hall–Kier alpha value is -0.730. The SMILES string of the molecule is CCCCCN(C)C(=O)OCC. The summed E-state index contributed by atoms with van der Waals surface area (Å²) in [6.45, 7) is 5.21. The lowest BCUT2D eigenvalue weighted by Crippen LogP contribution is -2.28. The van der Waals surface area contributed by atoms with E-state index in [-0.39, 0.29) is 6.09 Å². The number of rotatable bonds is 5. The molecule has 0 aromatic rings. The predicted molar refractivity (Wildman–Crippen MR) is 49.2 cm³/mol. The molecule has 0 N–H and O–H groups in total. The molecule has 0 saturated heterocycles. The Balaban J connectivity index is 3.42. The maximum atomic E-state index is 11.0. The Morgan fingerprint density at radius 1 is 1.33 bits per heavy atom. The fourth-order valence-corrected chi connectivity index (χ4v) is 0.924. The van der Waals surface area contributed by atoms with Gasteiger partial charge in [0.1, 0.15) is 0 Å². The first kappa shape index (κ1) is 11.3. The first-order valence-corrected chi connectivity index (χ1v) is 4.60. The van der Waals surface area contributed by atoms with Crippen LogP contribution >= 0.6 is 0 Å². The Bertz CT molecular complexity index is 126. The van der Waals surface area contributed by atoms with Crippen LogP contribution in [0.2, 0.25) is 0 Å². The summed E-state index contributed by atoms with van der Waals surface area (Å²) >= 11 is 0. The molecule has 3 heteroatoms. The van der Waals surface area contributed by atoms with Crippen LogP contribution in [0, 0.1) is 0 Å². The topological polar surface area (TPSA) is 29.5 Å². The average Bonchev–Trinajstić information content (AvgIpc) is 2.05. The van der Waals surface area contributed by atoms with Gasteiger partial charge in [-0.25, -0.2) is 4.79 Å².